The van der Waals surface area contributed by atoms with Gasteiger partial charge in [-0.3, -0.25) is 9.48 Å². The van der Waals surface area contributed by atoms with Crippen molar-refractivity contribution in [1.29, 1.82) is 0 Å². The molecule has 0 radical (unpaired) electrons. The number of aryl methyl sites for hydroxylation is 1. The second-order valence-corrected chi connectivity index (χ2v) is 8.99. The number of fused-ring (bicyclic) bond motifs is 1. The molecule has 0 saturated heterocycles. The lowest BCUT2D eigenvalue weighted by Gasteiger charge is -2.10. The highest BCUT2D eigenvalue weighted by atomic mass is 35.5. The molecule has 5 aromatic rings. The number of nitrogens with one attached hydrogen (secondary N) is 1. The number of halogens is 2. The minimum Gasteiger partial charge on any atom is -0.319 e. The summed E-state index contributed by atoms with van der Waals surface area (Å²) in [6, 6.07) is 14.7. The SMILES string of the molecule is Cc1nn(Cc2ccccc2Cl)c2sc(C(=O)Nc3cc(Cl)ccc3-n3cncn3)cc12. The van der Waals surface area contributed by atoms with Gasteiger partial charge in [-0.05, 0) is 42.8 Å². The Hall–Kier alpha value is -3.20. The van der Waals surface area contributed by atoms with Crippen LogP contribution in [0.1, 0.15) is 20.9 Å². The van der Waals surface area contributed by atoms with Crippen LogP contribution in [0.5, 0.6) is 0 Å². The number of rotatable bonds is 5. The molecule has 0 aliphatic heterocycles. The van der Waals surface area contributed by atoms with Crippen molar-refractivity contribution in [3.8, 4) is 5.69 Å². The maximum Gasteiger partial charge on any atom is 0.265 e. The second kappa shape index (κ2) is 8.38. The molecule has 5 rings (SSSR count). The van der Waals surface area contributed by atoms with E-state index in [2.05, 4.69) is 20.5 Å². The summed E-state index contributed by atoms with van der Waals surface area (Å²) in [7, 11) is 0. The van der Waals surface area contributed by atoms with Crippen LogP contribution in [0, 0.1) is 6.92 Å². The first-order valence-electron chi connectivity index (χ1n) is 9.66. The van der Waals surface area contributed by atoms with E-state index in [1.807, 2.05) is 41.9 Å². The van der Waals surface area contributed by atoms with E-state index >= 15 is 0 Å². The van der Waals surface area contributed by atoms with Crippen LogP contribution in [0.25, 0.3) is 15.9 Å². The van der Waals surface area contributed by atoms with Crippen LogP contribution in [0.15, 0.2) is 61.2 Å². The summed E-state index contributed by atoms with van der Waals surface area (Å²) in [5, 5.41) is 13.9. The van der Waals surface area contributed by atoms with Gasteiger partial charge in [0.05, 0.1) is 28.5 Å². The molecule has 10 heteroatoms. The predicted molar refractivity (Wildman–Crippen MR) is 127 cm³/mol. The summed E-state index contributed by atoms with van der Waals surface area (Å²) in [6.45, 7) is 2.45. The van der Waals surface area contributed by atoms with Gasteiger partial charge in [-0.2, -0.15) is 10.2 Å². The predicted octanol–water partition coefficient (Wildman–Crippen LogP) is 5.59. The summed E-state index contributed by atoms with van der Waals surface area (Å²) in [5.74, 6) is -0.237. The van der Waals surface area contributed by atoms with Crippen molar-refractivity contribution < 1.29 is 4.79 Å². The van der Waals surface area contributed by atoms with Gasteiger partial charge < -0.3 is 5.32 Å². The van der Waals surface area contributed by atoms with Gasteiger partial charge in [0.1, 0.15) is 17.5 Å². The van der Waals surface area contributed by atoms with E-state index < -0.39 is 0 Å². The van der Waals surface area contributed by atoms with Crippen LogP contribution in [0.3, 0.4) is 0 Å². The molecule has 0 aliphatic rings. The smallest absolute Gasteiger partial charge is 0.265 e. The van der Waals surface area contributed by atoms with Crippen LogP contribution in [0.4, 0.5) is 5.69 Å². The zero-order valence-corrected chi connectivity index (χ0v) is 19.1. The molecule has 0 bridgehead atoms. The highest BCUT2D eigenvalue weighted by Gasteiger charge is 2.18. The van der Waals surface area contributed by atoms with Crippen molar-refractivity contribution >= 4 is 56.3 Å². The molecule has 3 heterocycles. The first-order valence-corrected chi connectivity index (χ1v) is 11.2. The Bertz CT molecular complexity index is 1440. The van der Waals surface area contributed by atoms with Gasteiger partial charge in [0.2, 0.25) is 0 Å². The number of hydrogen-bond acceptors (Lipinski definition) is 5. The molecule has 0 spiro atoms. The Balaban J connectivity index is 1.47. The molecule has 2 aromatic carbocycles. The highest BCUT2D eigenvalue weighted by Crippen LogP contribution is 2.31. The Kier molecular flexibility index (Phi) is 5.42. The Labute approximate surface area is 197 Å². The molecule has 1 N–H and O–H groups in total. The fourth-order valence-corrected chi connectivity index (χ4v) is 4.87. The van der Waals surface area contributed by atoms with E-state index in [0.29, 0.717) is 32.8 Å². The quantitative estimate of drug-likeness (QED) is 0.353. The van der Waals surface area contributed by atoms with Gasteiger partial charge in [-0.15, -0.1) is 11.3 Å². The summed E-state index contributed by atoms with van der Waals surface area (Å²) in [6.07, 6.45) is 2.99. The Morgan fingerprint density at radius 1 is 1.16 bits per heavy atom. The van der Waals surface area contributed by atoms with Crippen molar-refractivity contribution in [2.45, 2.75) is 13.5 Å². The number of nitrogens with zero attached hydrogens (tertiary/aromatic N) is 5. The van der Waals surface area contributed by atoms with Crippen molar-refractivity contribution in [3.63, 3.8) is 0 Å². The van der Waals surface area contributed by atoms with Gasteiger partial charge in [0, 0.05) is 15.4 Å². The lowest BCUT2D eigenvalue weighted by Crippen LogP contribution is -2.13. The lowest BCUT2D eigenvalue weighted by atomic mass is 10.2. The lowest BCUT2D eigenvalue weighted by molar-refractivity contribution is 0.103. The van der Waals surface area contributed by atoms with Crippen LogP contribution in [0.2, 0.25) is 10.0 Å². The molecule has 1 amide bonds. The van der Waals surface area contributed by atoms with Gasteiger partial charge in [-0.1, -0.05) is 41.4 Å². The van der Waals surface area contributed by atoms with Gasteiger partial charge in [0.25, 0.3) is 5.91 Å². The maximum absolute atomic E-state index is 13.1. The first-order chi connectivity index (χ1) is 15.5. The number of thiophene rings is 1. The topological polar surface area (TPSA) is 77.6 Å². The number of anilines is 1. The van der Waals surface area contributed by atoms with E-state index in [0.717, 1.165) is 21.5 Å². The number of aromatic nitrogens is 5. The third-order valence-corrected chi connectivity index (χ3v) is 6.73. The fourth-order valence-electron chi connectivity index (χ4n) is 3.44. The number of carbonyl (C=O) groups excluding carboxylic acids is 1. The van der Waals surface area contributed by atoms with Crippen molar-refractivity contribution in [3.05, 3.63) is 87.4 Å². The zero-order chi connectivity index (χ0) is 22.2. The summed E-state index contributed by atoms with van der Waals surface area (Å²) in [4.78, 5) is 18.6. The van der Waals surface area contributed by atoms with Crippen LogP contribution in [-0.2, 0) is 6.54 Å². The van der Waals surface area contributed by atoms with Crippen LogP contribution >= 0.6 is 34.5 Å². The van der Waals surface area contributed by atoms with Crippen LogP contribution < -0.4 is 5.32 Å². The first kappa shape index (κ1) is 20.7. The summed E-state index contributed by atoms with van der Waals surface area (Å²) in [5.41, 5.74) is 3.03. The minimum atomic E-state index is -0.237. The molecule has 3 aromatic heterocycles. The summed E-state index contributed by atoms with van der Waals surface area (Å²) < 4.78 is 3.45. The molecular formula is C22H16Cl2N6OS. The van der Waals surface area contributed by atoms with E-state index in [1.54, 1.807) is 29.2 Å². The van der Waals surface area contributed by atoms with E-state index in [4.69, 9.17) is 23.2 Å². The fraction of sp³-hybridized carbons (Fsp3) is 0.0909. The largest absolute Gasteiger partial charge is 0.319 e. The van der Waals surface area contributed by atoms with E-state index in [9.17, 15) is 4.79 Å². The standard InChI is InChI=1S/C22H16Cl2N6OS/c1-13-16-9-20(32-22(16)29(28-13)10-14-4-2-3-5-17(14)24)21(31)27-18-8-15(23)6-7-19(18)30-12-25-11-26-30/h2-9,11-12H,10H2,1H3,(H,27,31). The molecule has 0 fully saturated rings. The average molecular weight is 483 g/mol. The molecule has 0 unspecified atom stereocenters. The summed E-state index contributed by atoms with van der Waals surface area (Å²) >= 11 is 13.9. The maximum atomic E-state index is 13.1. The molecule has 32 heavy (non-hydrogen) atoms. The van der Waals surface area contributed by atoms with E-state index in [1.165, 1.54) is 17.7 Å². The van der Waals surface area contributed by atoms with Gasteiger partial charge in [-0.25, -0.2) is 9.67 Å². The molecule has 7 nitrogen and oxygen atoms in total. The van der Waals surface area contributed by atoms with Crippen molar-refractivity contribution in [1.82, 2.24) is 24.5 Å². The Morgan fingerprint density at radius 2 is 2.00 bits per heavy atom. The number of amides is 1. The third-order valence-electron chi connectivity index (χ3n) is 4.98. The molecule has 0 atom stereocenters. The molecule has 0 aliphatic carbocycles. The molecule has 160 valence electrons. The van der Waals surface area contributed by atoms with Crippen molar-refractivity contribution in [2.75, 3.05) is 5.32 Å². The molecule has 0 saturated carbocycles. The van der Waals surface area contributed by atoms with Crippen molar-refractivity contribution in [2.24, 2.45) is 0 Å². The molecular weight excluding hydrogens is 467 g/mol. The van der Waals surface area contributed by atoms with Gasteiger partial charge in [0.15, 0.2) is 0 Å². The minimum absolute atomic E-state index is 0.237. The van der Waals surface area contributed by atoms with Gasteiger partial charge >= 0.3 is 0 Å². The zero-order valence-electron chi connectivity index (χ0n) is 16.8. The van der Waals surface area contributed by atoms with E-state index in [-0.39, 0.29) is 5.91 Å². The van der Waals surface area contributed by atoms with Crippen LogP contribution in [-0.4, -0.2) is 30.5 Å². The number of benzene rings is 2. The third kappa shape index (κ3) is 3.88. The Morgan fingerprint density at radius 3 is 2.78 bits per heavy atom. The highest BCUT2D eigenvalue weighted by molar-refractivity contribution is 7.20. The number of hydrogen-bond donors (Lipinski definition) is 1. The monoisotopic (exact) mass is 482 g/mol. The number of carbonyl (C=O) groups is 1. The second-order valence-electron chi connectivity index (χ2n) is 7.12. The normalized spacial score (nSPS) is 11.2. The average Bonchev–Trinajstić information content (AvgIpc) is 3.50.